The molecule has 2 aromatic carbocycles. The van der Waals surface area contributed by atoms with Gasteiger partial charge in [-0.3, -0.25) is 10.5 Å². The summed E-state index contributed by atoms with van der Waals surface area (Å²) in [7, 11) is -1.98. The number of hydrogen-bond donors (Lipinski definition) is 4. The number of rotatable bonds is 26. The van der Waals surface area contributed by atoms with Crippen LogP contribution in [0.5, 0.6) is 0 Å². The van der Waals surface area contributed by atoms with Crippen molar-refractivity contribution in [1.82, 2.24) is 0 Å². The maximum absolute atomic E-state index is 15.9. The zero-order chi connectivity index (χ0) is 65.6. The molecular formula is C74H118N2O13Si. The van der Waals surface area contributed by atoms with Crippen molar-refractivity contribution in [2.75, 3.05) is 6.61 Å². The van der Waals surface area contributed by atoms with Gasteiger partial charge in [-0.2, -0.15) is 0 Å². The zero-order valence-electron chi connectivity index (χ0n) is 57.9. The minimum Gasteiger partial charge on any atom is -0.459 e. The topological polar surface area (TPSA) is 210 Å². The Morgan fingerprint density at radius 3 is 2.00 bits per heavy atom. The molecule has 0 spiro atoms. The van der Waals surface area contributed by atoms with Gasteiger partial charge in [0.25, 0.3) is 0 Å². The van der Waals surface area contributed by atoms with Gasteiger partial charge in [0.05, 0.1) is 55.1 Å². The third-order valence-electron chi connectivity index (χ3n) is 25.3. The van der Waals surface area contributed by atoms with E-state index < -0.39 is 92.3 Å². The molecule has 0 radical (unpaired) electrons. The minimum absolute atomic E-state index is 0.0161. The minimum atomic E-state index is -1.98. The van der Waals surface area contributed by atoms with E-state index in [1.807, 2.05) is 95.3 Å². The first kappa shape index (κ1) is 71.4. The Labute approximate surface area is 542 Å². The number of carbonyl (C=O) groups excluding carboxylic acids is 2. The predicted octanol–water partition coefficient (Wildman–Crippen LogP) is 13.3. The number of hydrogen-bond acceptors (Lipinski definition) is 15. The van der Waals surface area contributed by atoms with Crippen LogP contribution in [0.15, 0.2) is 72.3 Å². The Kier molecular flexibility index (Phi) is 22.2. The molecule has 16 heteroatoms. The van der Waals surface area contributed by atoms with Crippen molar-refractivity contribution in [2.45, 2.75) is 292 Å². The molecule has 5 aliphatic carbocycles. The highest BCUT2D eigenvalue weighted by molar-refractivity contribution is 6.73. The van der Waals surface area contributed by atoms with E-state index in [9.17, 15) is 15.0 Å². The van der Waals surface area contributed by atoms with Gasteiger partial charge in [-0.05, 0) is 152 Å². The molecule has 7 aliphatic rings. The molecular weight excluding hydrogens is 1150 g/mol. The molecule has 2 heterocycles. The summed E-state index contributed by atoms with van der Waals surface area (Å²) in [5, 5.41) is 24.0. The molecule has 2 aliphatic heterocycles. The maximum atomic E-state index is 15.9. The molecule has 6 fully saturated rings. The van der Waals surface area contributed by atoms with Gasteiger partial charge in [-0.1, -0.05) is 169 Å². The van der Waals surface area contributed by atoms with Gasteiger partial charge in [-0.15, -0.1) is 0 Å². The van der Waals surface area contributed by atoms with Gasteiger partial charge in [-0.25, -0.2) is 0 Å². The van der Waals surface area contributed by atoms with E-state index in [-0.39, 0.29) is 70.1 Å². The maximum Gasteiger partial charge on any atom is 0.313 e. The van der Waals surface area contributed by atoms with Crippen molar-refractivity contribution in [3.05, 3.63) is 83.4 Å². The summed E-state index contributed by atoms with van der Waals surface area (Å²) in [6.07, 6.45) is 3.66. The van der Waals surface area contributed by atoms with Gasteiger partial charge >= 0.3 is 5.97 Å². The van der Waals surface area contributed by atoms with Crippen LogP contribution < -0.4 is 11.5 Å². The van der Waals surface area contributed by atoms with Crippen molar-refractivity contribution in [1.29, 1.82) is 0 Å². The van der Waals surface area contributed by atoms with Crippen LogP contribution in [-0.2, 0) is 65.1 Å². The lowest BCUT2D eigenvalue weighted by Gasteiger charge is -2.71. The number of carbonyl (C=O) groups is 2. The van der Waals surface area contributed by atoms with E-state index in [2.05, 4.69) is 75.3 Å². The van der Waals surface area contributed by atoms with Crippen molar-refractivity contribution in [2.24, 2.45) is 79.5 Å². The Morgan fingerprint density at radius 2 is 1.40 bits per heavy atom. The molecule has 11 unspecified atom stereocenters. The van der Waals surface area contributed by atoms with E-state index in [0.717, 1.165) is 80.6 Å². The SMILES string of the molecule is CC[C@@H](O)[C@H](N)C(C)C(O[C@H](O)C1O[C@@](C)(N)OC1[C@@H](O[C@@H]1OC[C@@H](OCc2ccccc2)C(C)C1OCc1ccccc1)C(C)C)[C@@H](C)OC(=O)C12CCC(C)(C)CC1C1=CCC3C4(C)CC[C@H](O[Si](CC)(CC)CC)C(C)(C=O)[C@@H]4CC[C@@]3(C)[C@]1(C)CC2. The number of allylic oxidation sites excluding steroid dienone is 2. The van der Waals surface area contributed by atoms with Crippen molar-refractivity contribution in [3.8, 4) is 0 Å². The van der Waals surface area contributed by atoms with Crippen molar-refractivity contribution in [3.63, 3.8) is 0 Å². The Balaban J connectivity index is 0.963. The lowest BCUT2D eigenvalue weighted by atomic mass is 9.33. The summed E-state index contributed by atoms with van der Waals surface area (Å²) in [6.45, 7) is 35.6. The Morgan fingerprint density at radius 1 is 0.789 bits per heavy atom. The number of aliphatic hydroxyl groups is 2. The molecule has 6 N–H and O–H groups in total. The lowest BCUT2D eigenvalue weighted by molar-refractivity contribution is -0.304. The van der Waals surface area contributed by atoms with E-state index in [1.165, 1.54) is 11.9 Å². The first-order chi connectivity index (χ1) is 42.4. The summed E-state index contributed by atoms with van der Waals surface area (Å²) in [4.78, 5) is 29.6. The molecule has 4 saturated carbocycles. The number of aldehydes is 1. The van der Waals surface area contributed by atoms with Crippen LogP contribution >= 0.6 is 0 Å². The summed E-state index contributed by atoms with van der Waals surface area (Å²) < 4.78 is 60.9. The molecule has 0 bridgehead atoms. The number of aliphatic hydroxyl groups excluding tert-OH is 2. The fraction of sp³-hybridized carbons (Fsp3) is 0.784. The zero-order valence-corrected chi connectivity index (χ0v) is 58.9. The lowest BCUT2D eigenvalue weighted by Crippen LogP contribution is -2.66. The molecule has 0 aromatic heterocycles. The molecule has 90 heavy (non-hydrogen) atoms. The monoisotopic (exact) mass is 1270 g/mol. The number of fused-ring (bicyclic) bond motifs is 7. The second-order valence-corrected chi connectivity index (χ2v) is 36.2. The second kappa shape index (κ2) is 28.0. The fourth-order valence-corrected chi connectivity index (χ4v) is 22.0. The molecule has 9 rings (SSSR count). The number of nitrogens with two attached hydrogens (primary N) is 2. The standard InChI is InChI=1S/C74H118N2O13Si/c1-17-54(78)59(75)48(8)61(85-65(79)64-63(87-73(16,76)88-64)60(46(5)6)86-66-62(82-43-51-29-25-22-26-30-51)47(7)55(44-83-66)81-42-50-27-23-21-24-28-50)49(9)84-67(80)74-39-37-68(10,11)41-53(74)52-31-32-57-69(12)35-34-58(89-90(18-2,19-3)20-4)70(13,45-77)56(69)33-36-72(57,15)71(52,14)38-40-74/h21-31,45-49,53-66,78-79H,17-20,32-44,75-76H2,1-16H3/t47?,48?,49-,53?,54-,55-,56-,57?,58+,59-,60+,61?,62?,63?,64?,65+,66+,69?,70?,71-,72-,73+,74?/m1/s1. The summed E-state index contributed by atoms with van der Waals surface area (Å²) in [5.74, 6) is -2.42. The third kappa shape index (κ3) is 13.6. The van der Waals surface area contributed by atoms with Gasteiger partial charge in [0, 0.05) is 24.8 Å². The Bertz CT molecular complexity index is 2720. The number of ether oxygens (including phenoxy) is 8. The summed E-state index contributed by atoms with van der Waals surface area (Å²) >= 11 is 0. The van der Waals surface area contributed by atoms with Crippen LogP contribution in [0, 0.1) is 68.0 Å². The normalized spacial score (nSPS) is 39.1. The number of esters is 1. The van der Waals surface area contributed by atoms with E-state index >= 15 is 4.79 Å². The molecule has 2 saturated heterocycles. The van der Waals surface area contributed by atoms with Gasteiger partial charge in [0.1, 0.15) is 36.8 Å². The van der Waals surface area contributed by atoms with Crippen LogP contribution in [0.2, 0.25) is 18.1 Å². The third-order valence-corrected chi connectivity index (χ3v) is 30.0. The predicted molar refractivity (Wildman–Crippen MR) is 352 cm³/mol. The first-order valence-electron chi connectivity index (χ1n) is 35.0. The molecule has 506 valence electrons. The average molecular weight is 1270 g/mol. The molecule has 15 nitrogen and oxygen atoms in total. The fourth-order valence-electron chi connectivity index (χ4n) is 19.0. The largest absolute Gasteiger partial charge is 0.459 e. The van der Waals surface area contributed by atoms with Crippen LogP contribution in [0.25, 0.3) is 0 Å². The molecule has 2 aromatic rings. The smallest absolute Gasteiger partial charge is 0.313 e. The average Bonchev–Trinajstić information content (AvgIpc) is 0.772. The summed E-state index contributed by atoms with van der Waals surface area (Å²) in [6, 6.07) is 22.4. The van der Waals surface area contributed by atoms with Gasteiger partial charge in [0.2, 0.25) is 5.91 Å². The quantitative estimate of drug-likeness (QED) is 0.0227. The van der Waals surface area contributed by atoms with E-state index in [1.54, 1.807) is 6.92 Å². The highest BCUT2D eigenvalue weighted by atomic mass is 28.4. The van der Waals surface area contributed by atoms with E-state index in [0.29, 0.717) is 38.4 Å². The van der Waals surface area contributed by atoms with Crippen LogP contribution in [0.1, 0.15) is 193 Å². The van der Waals surface area contributed by atoms with Crippen LogP contribution in [-0.4, -0.2) is 117 Å². The molecule has 0 amide bonds. The van der Waals surface area contributed by atoms with E-state index in [4.69, 9.17) is 53.8 Å². The van der Waals surface area contributed by atoms with Crippen LogP contribution in [0.3, 0.4) is 0 Å². The second-order valence-electron chi connectivity index (χ2n) is 31.4. The van der Waals surface area contributed by atoms with Crippen molar-refractivity contribution < 1.29 is 62.1 Å². The summed E-state index contributed by atoms with van der Waals surface area (Å²) in [5.41, 5.74) is 15.4. The highest BCUT2D eigenvalue weighted by Crippen LogP contribution is 2.76. The Hall–Kier alpha value is -2.94. The highest BCUT2D eigenvalue weighted by Gasteiger charge is 2.71. The van der Waals surface area contributed by atoms with Crippen molar-refractivity contribution >= 4 is 20.6 Å². The molecule has 23 atom stereocenters. The van der Waals surface area contributed by atoms with Gasteiger partial charge in [0.15, 0.2) is 20.9 Å². The van der Waals surface area contributed by atoms with Gasteiger partial charge < -0.3 is 63.1 Å². The first-order valence-corrected chi connectivity index (χ1v) is 37.5. The van der Waals surface area contributed by atoms with Crippen LogP contribution in [0.4, 0.5) is 0 Å². The number of benzene rings is 2.